The zero-order valence-corrected chi connectivity index (χ0v) is 9.65. The number of aromatic nitrogens is 2. The van der Waals surface area contributed by atoms with Gasteiger partial charge in [0.15, 0.2) is 0 Å². The minimum Gasteiger partial charge on any atom is -0.481 e. The van der Waals surface area contributed by atoms with Crippen molar-refractivity contribution in [1.82, 2.24) is 9.38 Å². The minimum absolute atomic E-state index is 0.0429. The fourth-order valence-corrected chi connectivity index (χ4v) is 1.78. The maximum absolute atomic E-state index is 10.5. The van der Waals surface area contributed by atoms with Crippen molar-refractivity contribution in [3.8, 4) is 0 Å². The predicted molar refractivity (Wildman–Crippen MR) is 59.0 cm³/mol. The Balaban J connectivity index is 2.56. The van der Waals surface area contributed by atoms with E-state index in [4.69, 9.17) is 5.11 Å². The normalized spacial score (nSPS) is 10.8. The molecule has 0 saturated carbocycles. The number of hydrogen-bond acceptors (Lipinski definition) is 2. The molecular weight excluding hydrogens is 260 g/mol. The Kier molecular flexibility index (Phi) is 2.48. The number of nitrogens with zero attached hydrogens (tertiary/aromatic N) is 2. The Morgan fingerprint density at radius 2 is 2.33 bits per heavy atom. The molecule has 0 bridgehead atoms. The van der Waals surface area contributed by atoms with Gasteiger partial charge in [-0.25, -0.2) is 4.98 Å². The lowest BCUT2D eigenvalue weighted by molar-refractivity contribution is -0.136. The second-order valence-electron chi connectivity index (χ2n) is 3.30. The minimum atomic E-state index is -0.866. The lowest BCUT2D eigenvalue weighted by Crippen LogP contribution is -1.99. The topological polar surface area (TPSA) is 54.6 Å². The van der Waals surface area contributed by atoms with Crippen LogP contribution in [0, 0.1) is 6.92 Å². The van der Waals surface area contributed by atoms with E-state index in [1.807, 2.05) is 23.5 Å². The molecule has 0 aliphatic heterocycles. The number of carbonyl (C=O) groups is 1. The number of pyridine rings is 1. The van der Waals surface area contributed by atoms with E-state index in [-0.39, 0.29) is 6.42 Å². The summed E-state index contributed by atoms with van der Waals surface area (Å²) in [6.45, 7) is 1.95. The highest BCUT2D eigenvalue weighted by Gasteiger charge is 2.08. The molecule has 2 aromatic rings. The molecule has 0 aliphatic rings. The zero-order valence-electron chi connectivity index (χ0n) is 8.07. The summed E-state index contributed by atoms with van der Waals surface area (Å²) in [6, 6.07) is 3.75. The van der Waals surface area contributed by atoms with E-state index < -0.39 is 5.97 Å². The van der Waals surface area contributed by atoms with E-state index in [0.717, 1.165) is 15.8 Å². The van der Waals surface area contributed by atoms with Crippen LogP contribution in [0.1, 0.15) is 11.4 Å². The maximum atomic E-state index is 10.5. The van der Waals surface area contributed by atoms with E-state index >= 15 is 0 Å². The molecule has 5 heteroatoms. The lowest BCUT2D eigenvalue weighted by Gasteiger charge is -2.00. The average molecular weight is 269 g/mol. The lowest BCUT2D eigenvalue weighted by atomic mass is 10.3. The number of imidazole rings is 1. The molecular formula is C10H9BrN2O2. The third-order valence-electron chi connectivity index (χ3n) is 2.20. The third kappa shape index (κ3) is 1.87. The summed E-state index contributed by atoms with van der Waals surface area (Å²) in [5.74, 6) is -0.866. The molecule has 0 spiro atoms. The van der Waals surface area contributed by atoms with Gasteiger partial charge in [-0.1, -0.05) is 0 Å². The Morgan fingerprint density at radius 1 is 1.60 bits per heavy atom. The zero-order chi connectivity index (χ0) is 11.0. The molecule has 1 N–H and O–H groups in total. The number of aliphatic carboxylic acids is 1. The molecule has 0 saturated heterocycles. The van der Waals surface area contributed by atoms with Gasteiger partial charge >= 0.3 is 5.97 Å². The van der Waals surface area contributed by atoms with Crippen LogP contribution in [0.15, 0.2) is 22.8 Å². The molecule has 15 heavy (non-hydrogen) atoms. The maximum Gasteiger partial charge on any atom is 0.309 e. The number of fused-ring (bicyclic) bond motifs is 1. The second kappa shape index (κ2) is 3.66. The predicted octanol–water partition coefficient (Wildman–Crippen LogP) is 2.03. The van der Waals surface area contributed by atoms with Gasteiger partial charge in [0.05, 0.1) is 12.1 Å². The number of hydrogen-bond donors (Lipinski definition) is 1. The fraction of sp³-hybridized carbons (Fsp3) is 0.200. The van der Waals surface area contributed by atoms with E-state index in [2.05, 4.69) is 20.9 Å². The van der Waals surface area contributed by atoms with Crippen LogP contribution >= 0.6 is 15.9 Å². The second-order valence-corrected chi connectivity index (χ2v) is 4.15. The van der Waals surface area contributed by atoms with Crippen LogP contribution in [-0.4, -0.2) is 20.5 Å². The molecule has 4 nitrogen and oxygen atoms in total. The van der Waals surface area contributed by atoms with E-state index in [0.29, 0.717) is 5.69 Å². The van der Waals surface area contributed by atoms with Crippen molar-refractivity contribution in [2.75, 3.05) is 0 Å². The van der Waals surface area contributed by atoms with Gasteiger partial charge in [-0.3, -0.25) is 4.79 Å². The van der Waals surface area contributed by atoms with Gasteiger partial charge in [0.1, 0.15) is 5.65 Å². The molecule has 0 fully saturated rings. The van der Waals surface area contributed by atoms with Crippen LogP contribution in [-0.2, 0) is 11.2 Å². The van der Waals surface area contributed by atoms with Crippen LogP contribution in [0.25, 0.3) is 5.65 Å². The summed E-state index contributed by atoms with van der Waals surface area (Å²) >= 11 is 3.41. The number of rotatable bonds is 2. The van der Waals surface area contributed by atoms with Crippen molar-refractivity contribution in [1.29, 1.82) is 0 Å². The summed E-state index contributed by atoms with van der Waals surface area (Å²) in [4.78, 5) is 14.8. The van der Waals surface area contributed by atoms with Crippen LogP contribution in [0.4, 0.5) is 0 Å². The summed E-state index contributed by atoms with van der Waals surface area (Å²) < 4.78 is 2.86. The van der Waals surface area contributed by atoms with Crippen molar-refractivity contribution in [3.63, 3.8) is 0 Å². The number of carboxylic acid groups (broad SMARTS) is 1. The van der Waals surface area contributed by atoms with Gasteiger partial charge in [-0.2, -0.15) is 0 Å². The highest BCUT2D eigenvalue weighted by molar-refractivity contribution is 9.10. The highest BCUT2D eigenvalue weighted by Crippen LogP contribution is 2.18. The van der Waals surface area contributed by atoms with Gasteiger partial charge in [-0.05, 0) is 35.0 Å². The third-order valence-corrected chi connectivity index (χ3v) is 3.04. The first kappa shape index (κ1) is 10.2. The number of carboxylic acids is 1. The van der Waals surface area contributed by atoms with Crippen molar-refractivity contribution in [2.24, 2.45) is 0 Å². The smallest absolute Gasteiger partial charge is 0.309 e. The van der Waals surface area contributed by atoms with E-state index in [1.165, 1.54) is 0 Å². The quantitative estimate of drug-likeness (QED) is 0.907. The standard InChI is InChI=1S/C10H9BrN2O2/c1-6-8(11)2-3-9-12-7(4-10(14)15)5-13(6)9/h2-3,5H,4H2,1H3,(H,14,15). The summed E-state index contributed by atoms with van der Waals surface area (Å²) in [5, 5.41) is 8.66. The first-order valence-electron chi connectivity index (χ1n) is 4.43. The SMILES string of the molecule is Cc1c(Br)ccc2nc(CC(=O)O)cn12. The van der Waals surface area contributed by atoms with Gasteiger partial charge < -0.3 is 9.51 Å². The summed E-state index contributed by atoms with van der Waals surface area (Å²) in [5.41, 5.74) is 2.35. The van der Waals surface area contributed by atoms with Crippen LogP contribution in [0.3, 0.4) is 0 Å². The van der Waals surface area contributed by atoms with Crippen LogP contribution in [0.5, 0.6) is 0 Å². The molecule has 2 aromatic heterocycles. The molecule has 2 rings (SSSR count). The Labute approximate surface area is 94.7 Å². The van der Waals surface area contributed by atoms with Crippen LogP contribution < -0.4 is 0 Å². The largest absolute Gasteiger partial charge is 0.481 e. The molecule has 0 amide bonds. The fourth-order valence-electron chi connectivity index (χ4n) is 1.45. The molecule has 0 unspecified atom stereocenters. The average Bonchev–Trinajstić information content (AvgIpc) is 2.54. The van der Waals surface area contributed by atoms with Gasteiger partial charge in [0, 0.05) is 16.4 Å². The van der Waals surface area contributed by atoms with Gasteiger partial charge in [0.25, 0.3) is 0 Å². The first-order valence-corrected chi connectivity index (χ1v) is 5.22. The number of halogens is 1. The molecule has 0 radical (unpaired) electrons. The molecule has 0 aliphatic carbocycles. The highest BCUT2D eigenvalue weighted by atomic mass is 79.9. The van der Waals surface area contributed by atoms with Crippen molar-refractivity contribution in [3.05, 3.63) is 34.2 Å². The van der Waals surface area contributed by atoms with Crippen molar-refractivity contribution in [2.45, 2.75) is 13.3 Å². The molecule has 0 aromatic carbocycles. The Bertz CT molecular complexity index is 533. The van der Waals surface area contributed by atoms with Gasteiger partial charge in [0.2, 0.25) is 0 Å². The Hall–Kier alpha value is -1.36. The monoisotopic (exact) mass is 268 g/mol. The van der Waals surface area contributed by atoms with E-state index in [9.17, 15) is 4.79 Å². The molecule has 2 heterocycles. The summed E-state index contributed by atoms with van der Waals surface area (Å²) in [7, 11) is 0. The van der Waals surface area contributed by atoms with Crippen molar-refractivity contribution < 1.29 is 9.90 Å². The van der Waals surface area contributed by atoms with Crippen molar-refractivity contribution >= 4 is 27.5 Å². The molecule has 78 valence electrons. The Morgan fingerprint density at radius 3 is 3.00 bits per heavy atom. The van der Waals surface area contributed by atoms with Crippen LogP contribution in [0.2, 0.25) is 0 Å². The first-order chi connectivity index (χ1) is 7.08. The van der Waals surface area contributed by atoms with E-state index in [1.54, 1.807) is 6.20 Å². The summed E-state index contributed by atoms with van der Waals surface area (Å²) in [6.07, 6.45) is 1.71. The molecule has 0 atom stereocenters. The number of aryl methyl sites for hydroxylation is 1. The van der Waals surface area contributed by atoms with Gasteiger partial charge in [-0.15, -0.1) is 0 Å².